The number of nitrogens with zero attached hydrogens (tertiary/aromatic N) is 2. The number of oxazole rings is 1. The Morgan fingerprint density at radius 1 is 0.765 bits per heavy atom. The van der Waals surface area contributed by atoms with Crippen molar-refractivity contribution in [1.82, 2.24) is 4.98 Å². The molecule has 5 rings (SSSR count). The number of amides is 1. The normalized spacial score (nSPS) is 12.7. The van der Waals surface area contributed by atoms with E-state index in [9.17, 15) is 4.79 Å². The van der Waals surface area contributed by atoms with Gasteiger partial charge in [0.05, 0.1) is 0 Å². The number of fused-ring (bicyclic) bond motifs is 1. The Labute approximate surface area is 199 Å². The first-order valence-corrected chi connectivity index (χ1v) is 14.1. The molecule has 0 spiro atoms. The van der Waals surface area contributed by atoms with Gasteiger partial charge in [0.15, 0.2) is 0 Å². The molecule has 1 aromatic heterocycles. The van der Waals surface area contributed by atoms with Crippen LogP contribution in [0.15, 0.2) is 114 Å². The van der Waals surface area contributed by atoms with Crippen LogP contribution in [-0.2, 0) is 4.79 Å². The first kappa shape index (κ1) is 22.1. The molecule has 4 aromatic carbocycles. The van der Waals surface area contributed by atoms with Crippen molar-refractivity contribution in [1.29, 1.82) is 0 Å². The number of anilines is 1. The van der Waals surface area contributed by atoms with E-state index in [1.165, 1.54) is 26.1 Å². The van der Waals surface area contributed by atoms with Crippen molar-refractivity contribution in [2.75, 3.05) is 18.1 Å². The second kappa shape index (κ2) is 8.55. The molecule has 0 bridgehead atoms. The van der Waals surface area contributed by atoms with Gasteiger partial charge in [-0.25, -0.2) is 0 Å². The third-order valence-corrected chi connectivity index (χ3v) is 13.3. The van der Waals surface area contributed by atoms with Gasteiger partial charge in [0, 0.05) is 0 Å². The molecule has 0 saturated carbocycles. The molecular weight excluding hydrogens is 439 g/mol. The Hall–Kier alpha value is -3.75. The summed E-state index contributed by atoms with van der Waals surface area (Å²) in [6.07, 6.45) is 0.753. The fourth-order valence-corrected chi connectivity index (χ4v) is 10.4. The van der Waals surface area contributed by atoms with E-state index in [4.69, 9.17) is 4.42 Å². The maximum atomic E-state index is 11.5. The van der Waals surface area contributed by atoms with E-state index >= 15 is 0 Å². The van der Waals surface area contributed by atoms with Gasteiger partial charge >= 0.3 is 200 Å². The van der Waals surface area contributed by atoms with Gasteiger partial charge in [0.25, 0.3) is 0 Å². The van der Waals surface area contributed by atoms with Crippen LogP contribution in [0.5, 0.6) is 0 Å². The summed E-state index contributed by atoms with van der Waals surface area (Å²) in [6, 6.07) is 38.9. The van der Waals surface area contributed by atoms with Crippen LogP contribution in [0.25, 0.3) is 11.1 Å². The molecule has 0 saturated heterocycles. The average Bonchev–Trinajstić information content (AvgIpc) is 3.34. The average molecular weight is 467 g/mol. The molecule has 1 heterocycles. The van der Waals surface area contributed by atoms with Crippen LogP contribution in [0.4, 0.5) is 6.01 Å². The molecule has 0 atom stereocenters. The van der Waals surface area contributed by atoms with Crippen molar-refractivity contribution in [2.24, 2.45) is 0 Å². The van der Waals surface area contributed by atoms with Crippen LogP contribution in [-0.4, -0.2) is 24.6 Å². The van der Waals surface area contributed by atoms with Crippen molar-refractivity contribution < 1.29 is 9.21 Å². The molecule has 1 amide bonds. The molecule has 0 N–H and O–H groups in total. The number of aromatic nitrogens is 1. The Bertz CT molecular complexity index is 1330. The van der Waals surface area contributed by atoms with E-state index in [1.807, 2.05) is 13.0 Å². The number of rotatable bonds is 7. The van der Waals surface area contributed by atoms with Gasteiger partial charge in [0.2, 0.25) is 0 Å². The summed E-state index contributed by atoms with van der Waals surface area (Å²) in [5.41, 5.74) is 1.41. The Morgan fingerprint density at radius 2 is 1.26 bits per heavy atom. The molecule has 0 aliphatic carbocycles. The zero-order valence-corrected chi connectivity index (χ0v) is 20.2. The van der Waals surface area contributed by atoms with Gasteiger partial charge < -0.3 is 0 Å². The Kier molecular flexibility index (Phi) is 5.55. The second-order valence-corrected chi connectivity index (χ2v) is 13.8. The van der Waals surface area contributed by atoms with Crippen LogP contribution >= 0.6 is 6.60 Å². The quantitative estimate of drug-likeness (QED) is 0.260. The Balaban J connectivity index is 1.89. The third-order valence-electron chi connectivity index (χ3n) is 6.92. The standard InChI is InChI=1S/C29H27N2O2P/c1-3-31(22-32)29-30-27-20-19-26(21-28(27)33-29)34(2,23-13-7-4-8-14-23,24-15-9-5-10-16-24)25-17-11-6-12-18-25/h4-22H,3H2,1-2H3. The summed E-state index contributed by atoms with van der Waals surface area (Å²) in [4.78, 5) is 17.5. The molecule has 5 heteroatoms. The summed E-state index contributed by atoms with van der Waals surface area (Å²) in [5.74, 6) is 0. The zero-order valence-electron chi connectivity index (χ0n) is 19.3. The number of hydrogen-bond donors (Lipinski definition) is 0. The van der Waals surface area contributed by atoms with Crippen LogP contribution < -0.4 is 26.1 Å². The molecule has 34 heavy (non-hydrogen) atoms. The van der Waals surface area contributed by atoms with Gasteiger partial charge in [-0.05, 0) is 0 Å². The topological polar surface area (TPSA) is 46.3 Å². The van der Waals surface area contributed by atoms with Crippen LogP contribution in [0.3, 0.4) is 0 Å². The molecule has 0 radical (unpaired) electrons. The number of hydrogen-bond acceptors (Lipinski definition) is 3. The number of benzene rings is 4. The molecule has 0 aliphatic heterocycles. The monoisotopic (exact) mass is 466 g/mol. The number of carbonyl (C=O) groups is 1. The van der Waals surface area contributed by atoms with E-state index in [0.717, 1.165) is 11.9 Å². The molecule has 0 unspecified atom stereocenters. The summed E-state index contributed by atoms with van der Waals surface area (Å²) in [7, 11) is 0. The van der Waals surface area contributed by atoms with Gasteiger partial charge in [-0.2, -0.15) is 0 Å². The van der Waals surface area contributed by atoms with E-state index < -0.39 is 6.60 Å². The maximum absolute atomic E-state index is 11.5. The summed E-state index contributed by atoms with van der Waals surface area (Å²) >= 11 is 0. The summed E-state index contributed by atoms with van der Waals surface area (Å²) < 4.78 is 6.10. The molecule has 0 fully saturated rings. The van der Waals surface area contributed by atoms with Gasteiger partial charge in [-0.15, -0.1) is 0 Å². The molecule has 4 nitrogen and oxygen atoms in total. The minimum atomic E-state index is -3.15. The fraction of sp³-hybridized carbons (Fsp3) is 0.103. The predicted octanol–water partition coefficient (Wildman–Crippen LogP) is 4.60. The van der Waals surface area contributed by atoms with Crippen molar-refractivity contribution in [3.05, 3.63) is 109 Å². The SMILES string of the molecule is CCN(C=O)c1nc2ccc(P(C)(c3ccccc3)(c3ccccc3)c3ccccc3)cc2o1. The second-order valence-electron chi connectivity index (χ2n) is 8.61. The molecular formula is C29H27N2O2P. The van der Waals surface area contributed by atoms with Gasteiger partial charge in [0.1, 0.15) is 0 Å². The van der Waals surface area contributed by atoms with E-state index in [-0.39, 0.29) is 0 Å². The van der Waals surface area contributed by atoms with Gasteiger partial charge in [-0.3, -0.25) is 0 Å². The van der Waals surface area contributed by atoms with E-state index in [1.54, 1.807) is 0 Å². The Morgan fingerprint density at radius 3 is 1.71 bits per heavy atom. The van der Waals surface area contributed by atoms with Crippen molar-refractivity contribution in [2.45, 2.75) is 6.92 Å². The molecule has 170 valence electrons. The first-order valence-electron chi connectivity index (χ1n) is 11.4. The third kappa shape index (κ3) is 3.18. The van der Waals surface area contributed by atoms with Gasteiger partial charge in [-0.1, -0.05) is 0 Å². The van der Waals surface area contributed by atoms with Crippen LogP contribution in [0.1, 0.15) is 6.92 Å². The summed E-state index contributed by atoms with van der Waals surface area (Å²) in [5, 5.41) is 4.99. The fourth-order valence-electron chi connectivity index (χ4n) is 4.92. The van der Waals surface area contributed by atoms with E-state index in [0.29, 0.717) is 18.1 Å². The first-order chi connectivity index (χ1) is 16.6. The van der Waals surface area contributed by atoms with E-state index in [2.05, 4.69) is 115 Å². The summed E-state index contributed by atoms with van der Waals surface area (Å²) in [6.45, 7) is 1.65. The van der Waals surface area contributed by atoms with Crippen molar-refractivity contribution >= 4 is 51.3 Å². The molecule has 0 aliphatic rings. The van der Waals surface area contributed by atoms with Crippen molar-refractivity contribution in [3.8, 4) is 0 Å². The van der Waals surface area contributed by atoms with Crippen LogP contribution in [0, 0.1) is 0 Å². The van der Waals surface area contributed by atoms with Crippen LogP contribution in [0.2, 0.25) is 0 Å². The predicted molar refractivity (Wildman–Crippen MR) is 144 cm³/mol. The van der Waals surface area contributed by atoms with Crippen molar-refractivity contribution in [3.63, 3.8) is 0 Å². The number of carbonyl (C=O) groups excluding carboxylic acids is 1. The molecule has 5 aromatic rings. The zero-order chi connectivity index (χ0) is 23.6. The minimum absolute atomic E-state index is 0.320.